The molecule has 2 nitrogen and oxygen atoms in total. The molecule has 1 aromatic carbocycles. The van der Waals surface area contributed by atoms with Crippen LogP contribution in [0.4, 0.5) is 0 Å². The molecular weight excluding hydrogens is 278 g/mol. The Morgan fingerprint density at radius 1 is 1.35 bits per heavy atom. The van der Waals surface area contributed by atoms with Gasteiger partial charge in [-0.05, 0) is 34.0 Å². The Labute approximate surface area is 110 Å². The molecule has 0 radical (unpaired) electrons. The molecule has 0 amide bonds. The highest BCUT2D eigenvalue weighted by Crippen LogP contribution is 2.30. The van der Waals surface area contributed by atoms with Crippen molar-refractivity contribution in [2.45, 2.75) is 26.4 Å². The van der Waals surface area contributed by atoms with Gasteiger partial charge in [0.25, 0.3) is 0 Å². The smallest absolute Gasteiger partial charge is 0.0996 e. The second-order valence-electron chi connectivity index (χ2n) is 4.38. The molecule has 3 heteroatoms. The summed E-state index contributed by atoms with van der Waals surface area (Å²) >= 11 is 3.49. The maximum absolute atomic E-state index is 10.2. The van der Waals surface area contributed by atoms with E-state index < -0.39 is 6.10 Å². The number of hydrogen-bond acceptors (Lipinski definition) is 2. The lowest BCUT2D eigenvalue weighted by Crippen LogP contribution is -2.10. The van der Waals surface area contributed by atoms with Crippen molar-refractivity contribution in [3.63, 3.8) is 0 Å². The van der Waals surface area contributed by atoms with Gasteiger partial charge in [-0.1, -0.05) is 38.5 Å². The summed E-state index contributed by atoms with van der Waals surface area (Å²) in [5, 5.41) is 11.3. The van der Waals surface area contributed by atoms with Crippen molar-refractivity contribution >= 4 is 26.8 Å². The average molecular weight is 294 g/mol. The number of benzene rings is 1. The van der Waals surface area contributed by atoms with E-state index >= 15 is 0 Å². The van der Waals surface area contributed by atoms with Crippen LogP contribution < -0.4 is 0 Å². The first-order chi connectivity index (χ1) is 8.13. The first-order valence-corrected chi connectivity index (χ1v) is 6.66. The van der Waals surface area contributed by atoms with Crippen molar-refractivity contribution in [3.05, 3.63) is 40.5 Å². The molecule has 0 aliphatic heterocycles. The third-order valence-corrected chi connectivity index (χ3v) is 3.80. The minimum atomic E-state index is -0.515. The molecule has 0 bridgehead atoms. The van der Waals surface area contributed by atoms with Gasteiger partial charge in [0, 0.05) is 9.86 Å². The van der Waals surface area contributed by atoms with Crippen molar-refractivity contribution in [1.29, 1.82) is 0 Å². The Balaban J connectivity index is 2.50. The lowest BCUT2D eigenvalue weighted by Gasteiger charge is -2.18. The van der Waals surface area contributed by atoms with Crippen LogP contribution in [-0.2, 0) is 0 Å². The number of hydrogen-bond donors (Lipinski definition) is 1. The van der Waals surface area contributed by atoms with Crippen LogP contribution in [0.1, 0.15) is 32.1 Å². The fourth-order valence-corrected chi connectivity index (χ4v) is 2.38. The van der Waals surface area contributed by atoms with Gasteiger partial charge < -0.3 is 5.11 Å². The molecule has 0 spiro atoms. The highest BCUT2D eigenvalue weighted by atomic mass is 79.9. The third-order valence-electron chi connectivity index (χ3n) is 3.17. The van der Waals surface area contributed by atoms with Crippen molar-refractivity contribution < 1.29 is 5.11 Å². The van der Waals surface area contributed by atoms with E-state index in [0.717, 1.165) is 27.5 Å². The van der Waals surface area contributed by atoms with Crippen molar-refractivity contribution in [2.24, 2.45) is 5.92 Å². The molecule has 1 heterocycles. The lowest BCUT2D eigenvalue weighted by atomic mass is 9.98. The van der Waals surface area contributed by atoms with Crippen molar-refractivity contribution in [3.8, 4) is 0 Å². The van der Waals surface area contributed by atoms with Crippen LogP contribution in [0, 0.1) is 5.92 Å². The summed E-state index contributed by atoms with van der Waals surface area (Å²) < 4.78 is 0.879. The molecule has 1 N–H and O–H groups in total. The molecule has 0 aliphatic carbocycles. The fourth-order valence-electron chi connectivity index (χ4n) is 1.81. The summed E-state index contributed by atoms with van der Waals surface area (Å²) in [4.78, 5) is 4.55. The molecule has 2 unspecified atom stereocenters. The quantitative estimate of drug-likeness (QED) is 0.925. The van der Waals surface area contributed by atoms with Gasteiger partial charge in [-0.15, -0.1) is 0 Å². The molecule has 2 rings (SSSR count). The Morgan fingerprint density at radius 3 is 2.76 bits per heavy atom. The Bertz CT molecular complexity index is 527. The number of aromatic nitrogens is 1. The minimum absolute atomic E-state index is 0.208. The fraction of sp³-hybridized carbons (Fsp3) is 0.357. The Morgan fingerprint density at radius 2 is 2.06 bits per heavy atom. The monoisotopic (exact) mass is 293 g/mol. The molecular formula is C14H16BrNO. The van der Waals surface area contributed by atoms with Gasteiger partial charge in [0.2, 0.25) is 0 Å². The van der Waals surface area contributed by atoms with E-state index in [1.54, 1.807) is 0 Å². The number of aliphatic hydroxyl groups excluding tert-OH is 1. The molecule has 0 aliphatic rings. The molecule has 0 fully saturated rings. The van der Waals surface area contributed by atoms with Crippen LogP contribution in [0.5, 0.6) is 0 Å². The SMILES string of the molecule is CCC(C)C(O)c1nc2ccccc2cc1Br. The van der Waals surface area contributed by atoms with E-state index in [-0.39, 0.29) is 5.92 Å². The maximum Gasteiger partial charge on any atom is 0.0996 e. The van der Waals surface area contributed by atoms with Crippen LogP contribution in [0.3, 0.4) is 0 Å². The van der Waals surface area contributed by atoms with E-state index in [0.29, 0.717) is 0 Å². The molecule has 17 heavy (non-hydrogen) atoms. The maximum atomic E-state index is 10.2. The molecule has 2 aromatic rings. The van der Waals surface area contributed by atoms with Gasteiger partial charge in [-0.25, -0.2) is 4.98 Å². The second kappa shape index (κ2) is 5.15. The number of pyridine rings is 1. The van der Waals surface area contributed by atoms with E-state index in [1.165, 1.54) is 0 Å². The number of aliphatic hydroxyl groups is 1. The summed E-state index contributed by atoms with van der Waals surface area (Å²) in [6, 6.07) is 9.95. The molecule has 0 saturated heterocycles. The van der Waals surface area contributed by atoms with Crippen LogP contribution >= 0.6 is 15.9 Å². The minimum Gasteiger partial charge on any atom is -0.386 e. The van der Waals surface area contributed by atoms with Crippen LogP contribution in [-0.4, -0.2) is 10.1 Å². The largest absolute Gasteiger partial charge is 0.386 e. The van der Waals surface area contributed by atoms with E-state index in [4.69, 9.17) is 0 Å². The highest BCUT2D eigenvalue weighted by molar-refractivity contribution is 9.10. The number of para-hydroxylation sites is 1. The predicted molar refractivity (Wildman–Crippen MR) is 73.9 cm³/mol. The molecule has 2 atom stereocenters. The van der Waals surface area contributed by atoms with Gasteiger partial charge in [0.05, 0.1) is 17.3 Å². The normalized spacial score (nSPS) is 14.8. The van der Waals surface area contributed by atoms with E-state index in [1.807, 2.05) is 37.3 Å². The van der Waals surface area contributed by atoms with E-state index in [9.17, 15) is 5.11 Å². The zero-order valence-electron chi connectivity index (χ0n) is 10.0. The predicted octanol–water partition coefficient (Wildman–Crippen LogP) is 4.08. The number of fused-ring (bicyclic) bond motifs is 1. The van der Waals surface area contributed by atoms with Gasteiger partial charge in [-0.3, -0.25) is 0 Å². The summed E-state index contributed by atoms with van der Waals surface area (Å²) in [7, 11) is 0. The van der Waals surface area contributed by atoms with Gasteiger partial charge >= 0.3 is 0 Å². The topological polar surface area (TPSA) is 33.1 Å². The Kier molecular flexibility index (Phi) is 3.79. The van der Waals surface area contributed by atoms with Crippen LogP contribution in [0.2, 0.25) is 0 Å². The van der Waals surface area contributed by atoms with E-state index in [2.05, 4.69) is 27.8 Å². The summed E-state index contributed by atoms with van der Waals surface area (Å²) in [5.41, 5.74) is 1.66. The summed E-state index contributed by atoms with van der Waals surface area (Å²) in [6.45, 7) is 4.11. The van der Waals surface area contributed by atoms with Crippen LogP contribution in [0.15, 0.2) is 34.8 Å². The van der Waals surface area contributed by atoms with Gasteiger partial charge in [0.15, 0.2) is 0 Å². The average Bonchev–Trinajstić information content (AvgIpc) is 2.36. The standard InChI is InChI=1S/C14H16BrNO/c1-3-9(2)14(17)13-11(15)8-10-6-4-5-7-12(10)16-13/h4-9,14,17H,3H2,1-2H3. The lowest BCUT2D eigenvalue weighted by molar-refractivity contribution is 0.111. The van der Waals surface area contributed by atoms with Gasteiger partial charge in [0.1, 0.15) is 0 Å². The molecule has 90 valence electrons. The zero-order valence-corrected chi connectivity index (χ0v) is 11.6. The zero-order chi connectivity index (χ0) is 12.4. The second-order valence-corrected chi connectivity index (χ2v) is 5.23. The first kappa shape index (κ1) is 12.5. The molecule has 0 saturated carbocycles. The number of rotatable bonds is 3. The Hall–Kier alpha value is -0.930. The third kappa shape index (κ3) is 2.50. The summed E-state index contributed by atoms with van der Waals surface area (Å²) in [6.07, 6.45) is 0.418. The van der Waals surface area contributed by atoms with Crippen molar-refractivity contribution in [1.82, 2.24) is 4.98 Å². The first-order valence-electron chi connectivity index (χ1n) is 5.86. The van der Waals surface area contributed by atoms with Crippen LogP contribution in [0.25, 0.3) is 10.9 Å². The molecule has 1 aromatic heterocycles. The number of halogens is 1. The van der Waals surface area contributed by atoms with Crippen molar-refractivity contribution in [2.75, 3.05) is 0 Å². The van der Waals surface area contributed by atoms with Gasteiger partial charge in [-0.2, -0.15) is 0 Å². The highest BCUT2D eigenvalue weighted by Gasteiger charge is 2.19. The number of nitrogens with zero attached hydrogens (tertiary/aromatic N) is 1. The summed E-state index contributed by atoms with van der Waals surface area (Å²) in [5.74, 6) is 0.208.